The average Bonchev–Trinajstić information content (AvgIpc) is 3.33. The van der Waals surface area contributed by atoms with Gasteiger partial charge in [-0.25, -0.2) is 18.8 Å². The van der Waals surface area contributed by atoms with Crippen molar-refractivity contribution in [2.24, 2.45) is 0 Å². The number of methoxy groups -OCH3 is 1. The first-order valence-electron chi connectivity index (χ1n) is 10.7. The maximum absolute atomic E-state index is 13.6. The van der Waals surface area contributed by atoms with Crippen molar-refractivity contribution < 1.29 is 42.4 Å². The fourth-order valence-corrected chi connectivity index (χ4v) is 4.54. The molecule has 1 amide bonds. The summed E-state index contributed by atoms with van der Waals surface area (Å²) in [6.45, 7) is -0.0115. The Balaban J connectivity index is 2.14. The highest BCUT2D eigenvalue weighted by atomic mass is 35.5. The molecule has 2 atom stereocenters. The minimum atomic E-state index is -3.94. The molecule has 0 radical (unpaired) electrons. The Hall–Kier alpha value is -3.12. The van der Waals surface area contributed by atoms with Crippen molar-refractivity contribution in [2.45, 2.75) is 31.9 Å². The van der Waals surface area contributed by atoms with E-state index >= 15 is 0 Å². The summed E-state index contributed by atoms with van der Waals surface area (Å²) in [6, 6.07) is 7.35. The van der Waals surface area contributed by atoms with E-state index in [1.165, 1.54) is 22.9 Å². The zero-order valence-corrected chi connectivity index (χ0v) is 21.3. The molecule has 0 aliphatic carbocycles. The van der Waals surface area contributed by atoms with E-state index in [0.717, 1.165) is 13.2 Å². The molecule has 0 aliphatic heterocycles. The number of hydrogen-bond donors (Lipinski definition) is 2. The molecular weight excluding hydrogens is 521 g/mol. The van der Waals surface area contributed by atoms with Crippen LogP contribution in [0.25, 0.3) is 0 Å². The number of amides is 1. The molecule has 1 heterocycles. The average molecular weight is 548 g/mol. The molecule has 36 heavy (non-hydrogen) atoms. The fraction of sp³-hybridized carbons (Fsp3) is 0.429. The van der Waals surface area contributed by atoms with Gasteiger partial charge in [0.05, 0.1) is 13.2 Å². The third-order valence-corrected chi connectivity index (χ3v) is 7.04. The molecule has 0 fully saturated rings. The summed E-state index contributed by atoms with van der Waals surface area (Å²) in [7, 11) is -1.27. The monoisotopic (exact) mass is 547 g/mol. The number of aliphatic carboxylic acids is 1. The molecule has 2 rings (SSSR count). The highest BCUT2D eigenvalue weighted by Gasteiger charge is 2.33. The molecule has 0 saturated heterocycles. The molecule has 198 valence electrons. The number of nitro groups is 1. The Bertz CT molecular complexity index is 1080. The van der Waals surface area contributed by atoms with Gasteiger partial charge < -0.3 is 24.1 Å². The van der Waals surface area contributed by atoms with Crippen LogP contribution in [0.15, 0.2) is 40.8 Å². The summed E-state index contributed by atoms with van der Waals surface area (Å²) in [5.74, 6) is -1.02. The molecule has 1 aromatic carbocycles. The van der Waals surface area contributed by atoms with Gasteiger partial charge in [0.1, 0.15) is 29.1 Å². The number of rotatable bonds is 15. The lowest BCUT2D eigenvalue weighted by Crippen LogP contribution is -2.42. The van der Waals surface area contributed by atoms with Gasteiger partial charge in [-0.3, -0.25) is 14.6 Å². The summed E-state index contributed by atoms with van der Waals surface area (Å²) in [6.07, 6.45) is 0.384. The smallest absolute Gasteiger partial charge is 0.461 e. The van der Waals surface area contributed by atoms with Crippen LogP contribution in [-0.2, 0) is 31.6 Å². The summed E-state index contributed by atoms with van der Waals surface area (Å²) in [4.78, 5) is 32.9. The SMILES string of the molecule is COC(=O)N[C@@H](Cc1ccc(OP(=O)(OCc2ccc([N+](=O)[O-])o2)N(C)CCCCCl)cc1)C(=O)O. The Kier molecular flexibility index (Phi) is 11.2. The number of carbonyl (C=O) groups is 2. The highest BCUT2D eigenvalue weighted by molar-refractivity contribution is 7.51. The molecule has 0 aliphatic rings. The van der Waals surface area contributed by atoms with Crippen LogP contribution in [-0.4, -0.2) is 59.4 Å². The quantitative estimate of drug-likeness (QED) is 0.108. The van der Waals surface area contributed by atoms with E-state index in [4.69, 9.17) is 25.1 Å². The number of furan rings is 1. The van der Waals surface area contributed by atoms with Crippen LogP contribution in [0.1, 0.15) is 24.2 Å². The summed E-state index contributed by atoms with van der Waals surface area (Å²) in [5, 5.41) is 22.4. The molecular formula is C21H27ClN3O10P. The number of ether oxygens (including phenoxy) is 1. The summed E-state index contributed by atoms with van der Waals surface area (Å²) in [5.41, 5.74) is 0.556. The maximum atomic E-state index is 13.6. The zero-order valence-electron chi connectivity index (χ0n) is 19.6. The number of alkyl halides is 1. The first-order chi connectivity index (χ1) is 17.1. The van der Waals surface area contributed by atoms with Crippen LogP contribution in [0.2, 0.25) is 0 Å². The van der Waals surface area contributed by atoms with Gasteiger partial charge in [-0.2, -0.15) is 0 Å². The Morgan fingerprint density at radius 2 is 1.94 bits per heavy atom. The van der Waals surface area contributed by atoms with Gasteiger partial charge in [-0.15, -0.1) is 11.6 Å². The minimum Gasteiger partial charge on any atom is -0.480 e. The number of carbonyl (C=O) groups excluding carboxylic acids is 1. The van der Waals surface area contributed by atoms with Crippen LogP contribution in [0, 0.1) is 10.1 Å². The van der Waals surface area contributed by atoms with E-state index in [0.29, 0.717) is 30.8 Å². The molecule has 13 nitrogen and oxygen atoms in total. The molecule has 1 aromatic heterocycles. The summed E-state index contributed by atoms with van der Waals surface area (Å²) < 4.78 is 35.8. The Morgan fingerprint density at radius 1 is 1.25 bits per heavy atom. The van der Waals surface area contributed by atoms with E-state index in [2.05, 4.69) is 10.1 Å². The maximum Gasteiger partial charge on any atom is 0.461 e. The first kappa shape index (κ1) is 29.1. The second-order valence-electron chi connectivity index (χ2n) is 7.48. The van der Waals surface area contributed by atoms with Gasteiger partial charge in [0, 0.05) is 18.8 Å². The lowest BCUT2D eigenvalue weighted by atomic mass is 10.1. The Labute approximate surface area is 212 Å². The molecule has 1 unspecified atom stereocenters. The number of carboxylic acid groups (broad SMARTS) is 1. The van der Waals surface area contributed by atoms with Crippen LogP contribution in [0.3, 0.4) is 0 Å². The van der Waals surface area contributed by atoms with Crippen LogP contribution < -0.4 is 9.84 Å². The number of halogens is 1. The van der Waals surface area contributed by atoms with Crippen molar-refractivity contribution >= 4 is 37.3 Å². The second kappa shape index (κ2) is 13.8. The number of carboxylic acids is 1. The van der Waals surface area contributed by atoms with Crippen molar-refractivity contribution in [1.82, 2.24) is 9.99 Å². The largest absolute Gasteiger partial charge is 0.480 e. The predicted octanol–water partition coefficient (Wildman–Crippen LogP) is 4.19. The molecule has 2 aromatic rings. The van der Waals surface area contributed by atoms with Gasteiger partial charge in [0.2, 0.25) is 0 Å². The number of hydrogen-bond acceptors (Lipinski definition) is 9. The highest BCUT2D eigenvalue weighted by Crippen LogP contribution is 2.52. The molecule has 0 saturated carbocycles. The van der Waals surface area contributed by atoms with Crippen molar-refractivity contribution in [2.75, 3.05) is 26.6 Å². The van der Waals surface area contributed by atoms with Gasteiger partial charge in [-0.1, -0.05) is 12.1 Å². The van der Waals surface area contributed by atoms with Crippen molar-refractivity contribution in [1.29, 1.82) is 0 Å². The third kappa shape index (κ3) is 8.83. The van der Waals surface area contributed by atoms with Gasteiger partial charge in [0.25, 0.3) is 0 Å². The molecule has 15 heteroatoms. The van der Waals surface area contributed by atoms with Crippen molar-refractivity contribution in [3.05, 3.63) is 57.8 Å². The second-order valence-corrected chi connectivity index (χ2v) is 9.92. The van der Waals surface area contributed by atoms with Crippen molar-refractivity contribution in [3.63, 3.8) is 0 Å². The van der Waals surface area contributed by atoms with Crippen molar-refractivity contribution in [3.8, 4) is 5.75 Å². The van der Waals surface area contributed by atoms with E-state index in [1.807, 2.05) is 0 Å². The summed E-state index contributed by atoms with van der Waals surface area (Å²) >= 11 is 5.72. The first-order valence-corrected chi connectivity index (χ1v) is 12.7. The number of benzene rings is 1. The Morgan fingerprint density at radius 3 is 2.50 bits per heavy atom. The van der Waals surface area contributed by atoms with E-state index in [1.54, 1.807) is 19.2 Å². The third-order valence-electron chi connectivity index (χ3n) is 4.84. The standard InChI is InChI=1S/C21H27ClN3O10P/c1-24(12-4-3-11-22)36(31,33-14-17-9-10-19(34-17)25(29)30)35-16-7-5-15(6-8-16)13-18(20(26)27)23-21(28)32-2/h5-10,18H,3-4,11-14H2,1-2H3,(H,23,28)(H,26,27)/t18-,36?/m0/s1. The lowest BCUT2D eigenvalue weighted by molar-refractivity contribution is -0.402. The topological polar surface area (TPSA) is 171 Å². The van der Waals surface area contributed by atoms with E-state index in [9.17, 15) is 29.4 Å². The normalized spacial score (nSPS) is 13.6. The number of unbranched alkanes of at least 4 members (excludes halogenated alkanes) is 1. The predicted molar refractivity (Wildman–Crippen MR) is 128 cm³/mol. The lowest BCUT2D eigenvalue weighted by Gasteiger charge is -2.27. The number of alkyl carbamates (subject to hydrolysis) is 1. The molecule has 0 spiro atoms. The van der Waals surface area contributed by atoms with Gasteiger partial charge in [0.15, 0.2) is 0 Å². The van der Waals surface area contributed by atoms with Crippen LogP contribution >= 0.6 is 19.3 Å². The van der Waals surface area contributed by atoms with Crippen LogP contribution in [0.5, 0.6) is 5.75 Å². The molecule has 2 N–H and O–H groups in total. The number of nitrogens with one attached hydrogen (secondary N) is 1. The van der Waals surface area contributed by atoms with E-state index in [-0.39, 0.29) is 24.5 Å². The fourth-order valence-electron chi connectivity index (χ4n) is 2.90. The van der Waals surface area contributed by atoms with Gasteiger partial charge >= 0.3 is 25.7 Å². The zero-order chi connectivity index (χ0) is 26.7. The van der Waals surface area contributed by atoms with E-state index < -0.39 is 36.7 Å². The van der Waals surface area contributed by atoms with Crippen LogP contribution in [0.4, 0.5) is 10.7 Å². The molecule has 0 bridgehead atoms. The minimum absolute atomic E-state index is 0.0333. The van der Waals surface area contributed by atoms with Gasteiger partial charge in [-0.05, 0) is 43.7 Å². The number of nitrogens with zero attached hydrogens (tertiary/aromatic N) is 2.